The Morgan fingerprint density at radius 2 is 2.00 bits per heavy atom. The molecule has 2 aliphatic rings. The number of nitrogens with one attached hydrogen (secondary N) is 3. The molecule has 164 valence electrons. The third-order valence-corrected chi connectivity index (χ3v) is 6.89. The first-order valence-corrected chi connectivity index (χ1v) is 11.8. The van der Waals surface area contributed by atoms with Crippen molar-refractivity contribution in [2.45, 2.75) is 11.3 Å². The molecule has 3 heterocycles. The summed E-state index contributed by atoms with van der Waals surface area (Å²) in [5.41, 5.74) is 5.32. The molecule has 2 amide bonds. The third kappa shape index (κ3) is 4.84. The van der Waals surface area contributed by atoms with Crippen LogP contribution in [0.15, 0.2) is 39.5 Å². The van der Waals surface area contributed by atoms with Gasteiger partial charge in [-0.1, -0.05) is 12.1 Å². The van der Waals surface area contributed by atoms with Crippen LogP contribution in [0.4, 0.5) is 5.13 Å². The Labute approximate surface area is 182 Å². The van der Waals surface area contributed by atoms with Gasteiger partial charge in [0.2, 0.25) is 5.91 Å². The number of aromatic nitrogens is 1. The molecule has 0 aliphatic carbocycles. The van der Waals surface area contributed by atoms with Crippen LogP contribution < -0.4 is 20.5 Å². The molecule has 2 aromatic rings. The van der Waals surface area contributed by atoms with Crippen molar-refractivity contribution in [3.8, 4) is 0 Å². The quantitative estimate of drug-likeness (QED) is 0.523. The lowest BCUT2D eigenvalue weighted by molar-refractivity contribution is -0.121. The fourth-order valence-corrected chi connectivity index (χ4v) is 5.15. The highest BCUT2D eigenvalue weighted by Crippen LogP contribution is 2.22. The van der Waals surface area contributed by atoms with Crippen molar-refractivity contribution < 1.29 is 22.7 Å². The van der Waals surface area contributed by atoms with Crippen LogP contribution in [-0.4, -0.2) is 63.9 Å². The topological polar surface area (TPSA) is 142 Å². The SMILES string of the molecule is O=C(CCN=C1NS(=O)(=O)c2ccccc21)NNC(=O)c1csc(N2CCOCC2)n1. The molecule has 0 radical (unpaired) electrons. The smallest absolute Gasteiger partial charge is 0.289 e. The number of thiazole rings is 1. The molecule has 0 spiro atoms. The van der Waals surface area contributed by atoms with E-state index in [-0.39, 0.29) is 29.4 Å². The zero-order valence-electron chi connectivity index (χ0n) is 16.3. The summed E-state index contributed by atoms with van der Waals surface area (Å²) in [4.78, 5) is 34.9. The summed E-state index contributed by atoms with van der Waals surface area (Å²) in [6.07, 6.45) is -0.0379. The Kier molecular flexibility index (Phi) is 6.15. The number of ether oxygens (including phenoxy) is 1. The van der Waals surface area contributed by atoms with Crippen molar-refractivity contribution in [1.82, 2.24) is 20.6 Å². The van der Waals surface area contributed by atoms with E-state index in [2.05, 4.69) is 25.6 Å². The fraction of sp³-hybridized carbons (Fsp3) is 0.333. The number of amidine groups is 1. The molecule has 3 N–H and O–H groups in total. The lowest BCUT2D eigenvalue weighted by Gasteiger charge is -2.25. The number of nitrogens with zero attached hydrogens (tertiary/aromatic N) is 3. The van der Waals surface area contributed by atoms with Gasteiger partial charge in [-0.05, 0) is 12.1 Å². The average molecular weight is 465 g/mol. The van der Waals surface area contributed by atoms with Crippen LogP contribution in [-0.2, 0) is 19.6 Å². The van der Waals surface area contributed by atoms with Crippen LogP contribution in [0.1, 0.15) is 22.5 Å². The number of sulfonamides is 1. The molecule has 31 heavy (non-hydrogen) atoms. The first-order valence-electron chi connectivity index (χ1n) is 9.48. The zero-order chi connectivity index (χ0) is 21.8. The molecule has 0 bridgehead atoms. The van der Waals surface area contributed by atoms with Gasteiger partial charge in [0.15, 0.2) is 5.13 Å². The van der Waals surface area contributed by atoms with Crippen molar-refractivity contribution >= 4 is 44.1 Å². The van der Waals surface area contributed by atoms with Gasteiger partial charge in [-0.25, -0.2) is 13.4 Å². The monoisotopic (exact) mass is 464 g/mol. The van der Waals surface area contributed by atoms with Gasteiger partial charge in [0.25, 0.3) is 15.9 Å². The average Bonchev–Trinajstić information content (AvgIpc) is 3.36. The highest BCUT2D eigenvalue weighted by Gasteiger charge is 2.30. The summed E-state index contributed by atoms with van der Waals surface area (Å²) < 4.78 is 31.8. The number of aliphatic imine (C=N–C) groups is 1. The van der Waals surface area contributed by atoms with E-state index < -0.39 is 21.8 Å². The molecule has 2 aliphatic heterocycles. The number of benzene rings is 1. The first kappa shape index (κ1) is 21.2. The molecule has 13 heteroatoms. The molecular formula is C18H20N6O5S2. The van der Waals surface area contributed by atoms with Crippen molar-refractivity contribution in [2.75, 3.05) is 37.7 Å². The number of carbonyl (C=O) groups excluding carboxylic acids is 2. The minimum Gasteiger partial charge on any atom is -0.378 e. The van der Waals surface area contributed by atoms with Crippen molar-refractivity contribution in [1.29, 1.82) is 0 Å². The second-order valence-electron chi connectivity index (χ2n) is 6.70. The highest BCUT2D eigenvalue weighted by molar-refractivity contribution is 7.90. The van der Waals surface area contributed by atoms with Crippen molar-refractivity contribution in [3.05, 3.63) is 40.9 Å². The predicted molar refractivity (Wildman–Crippen MR) is 114 cm³/mol. The number of hydrogen-bond donors (Lipinski definition) is 3. The summed E-state index contributed by atoms with van der Waals surface area (Å²) in [5.74, 6) is -0.783. The maximum atomic E-state index is 12.2. The molecular weight excluding hydrogens is 444 g/mol. The zero-order valence-corrected chi connectivity index (χ0v) is 18.0. The van der Waals surface area contributed by atoms with Crippen molar-refractivity contribution in [2.24, 2.45) is 4.99 Å². The Bertz CT molecular complexity index is 1120. The Hall–Kier alpha value is -3.03. The molecule has 4 rings (SSSR count). The van der Waals surface area contributed by atoms with E-state index in [9.17, 15) is 18.0 Å². The minimum absolute atomic E-state index is 0.0379. The lowest BCUT2D eigenvalue weighted by atomic mass is 10.2. The number of hydrazine groups is 1. The summed E-state index contributed by atoms with van der Waals surface area (Å²) in [5, 5.41) is 2.36. The Morgan fingerprint density at radius 1 is 1.23 bits per heavy atom. The van der Waals surface area contributed by atoms with Crippen LogP contribution in [0.3, 0.4) is 0 Å². The highest BCUT2D eigenvalue weighted by atomic mass is 32.2. The summed E-state index contributed by atoms with van der Waals surface area (Å²) in [7, 11) is -3.62. The van der Waals surface area contributed by atoms with E-state index in [1.807, 2.05) is 4.90 Å². The van der Waals surface area contributed by atoms with E-state index >= 15 is 0 Å². The minimum atomic E-state index is -3.62. The maximum Gasteiger partial charge on any atom is 0.289 e. The Balaban J connectivity index is 1.26. The van der Waals surface area contributed by atoms with Gasteiger partial charge in [-0.15, -0.1) is 11.3 Å². The molecule has 0 unspecified atom stereocenters. The van der Waals surface area contributed by atoms with Gasteiger partial charge in [-0.3, -0.25) is 30.2 Å². The van der Waals surface area contributed by atoms with Gasteiger partial charge < -0.3 is 9.64 Å². The number of rotatable bonds is 5. The molecule has 0 saturated carbocycles. The van der Waals surface area contributed by atoms with Crippen LogP contribution in [0.2, 0.25) is 0 Å². The molecule has 1 aromatic heterocycles. The number of amides is 2. The van der Waals surface area contributed by atoms with Gasteiger partial charge >= 0.3 is 0 Å². The van der Waals surface area contributed by atoms with Crippen LogP contribution in [0.25, 0.3) is 0 Å². The summed E-state index contributed by atoms with van der Waals surface area (Å²) in [6.45, 7) is 2.72. The third-order valence-electron chi connectivity index (χ3n) is 4.59. The van der Waals surface area contributed by atoms with E-state index in [4.69, 9.17) is 4.74 Å². The molecule has 1 saturated heterocycles. The first-order chi connectivity index (χ1) is 14.9. The fourth-order valence-electron chi connectivity index (χ4n) is 3.04. The standard InChI is InChI=1S/C18H20N6O5S2/c25-15(5-6-19-16-12-3-1-2-4-14(12)31(27,28)23-16)21-22-17(26)13-11-30-18(20-13)24-7-9-29-10-8-24/h1-4,11H,5-10H2,(H,19,23)(H,21,25)(H,22,26). The van der Waals surface area contributed by atoms with Gasteiger partial charge in [0, 0.05) is 30.5 Å². The number of anilines is 1. The van der Waals surface area contributed by atoms with Gasteiger partial charge in [0.05, 0.1) is 24.7 Å². The number of morpholine rings is 1. The number of carbonyl (C=O) groups is 2. The normalized spacial score (nSPS) is 18.3. The van der Waals surface area contributed by atoms with Crippen LogP contribution >= 0.6 is 11.3 Å². The Morgan fingerprint density at radius 3 is 2.81 bits per heavy atom. The molecule has 11 nitrogen and oxygen atoms in total. The van der Waals surface area contributed by atoms with E-state index in [0.29, 0.717) is 31.9 Å². The van der Waals surface area contributed by atoms with Crippen LogP contribution in [0, 0.1) is 0 Å². The molecule has 1 fully saturated rings. The van der Waals surface area contributed by atoms with Crippen molar-refractivity contribution in [3.63, 3.8) is 0 Å². The van der Waals surface area contributed by atoms with Gasteiger partial charge in [0.1, 0.15) is 11.5 Å². The number of hydrogen-bond acceptors (Lipinski definition) is 9. The van der Waals surface area contributed by atoms with E-state index in [1.54, 1.807) is 23.6 Å². The van der Waals surface area contributed by atoms with E-state index in [0.717, 1.165) is 5.13 Å². The summed E-state index contributed by atoms with van der Waals surface area (Å²) >= 11 is 1.35. The molecule has 1 aromatic carbocycles. The maximum absolute atomic E-state index is 12.2. The second kappa shape index (κ2) is 8.99. The molecule has 0 atom stereocenters. The second-order valence-corrected chi connectivity index (χ2v) is 9.19. The largest absolute Gasteiger partial charge is 0.378 e. The van der Waals surface area contributed by atoms with Crippen LogP contribution in [0.5, 0.6) is 0 Å². The van der Waals surface area contributed by atoms with Gasteiger partial charge in [-0.2, -0.15) is 0 Å². The number of fused-ring (bicyclic) bond motifs is 1. The predicted octanol–water partition coefficient (Wildman–Crippen LogP) is -0.130. The summed E-state index contributed by atoms with van der Waals surface area (Å²) in [6, 6.07) is 6.47. The van der Waals surface area contributed by atoms with E-state index in [1.165, 1.54) is 17.4 Å². The lowest BCUT2D eigenvalue weighted by Crippen LogP contribution is -2.42.